The van der Waals surface area contributed by atoms with E-state index in [1.807, 2.05) is 13.0 Å². The molecule has 1 amide bonds. The van der Waals surface area contributed by atoms with Crippen LogP contribution in [0.4, 0.5) is 0 Å². The molecule has 0 radical (unpaired) electrons. The van der Waals surface area contributed by atoms with Crippen molar-refractivity contribution in [1.82, 2.24) is 9.62 Å². The fraction of sp³-hybridized carbons (Fsp3) is 0.417. The molecular weight excluding hydrogens is 332 g/mol. The Hall–Kier alpha value is -0.920. The molecule has 0 aliphatic carbocycles. The average molecular weight is 347 g/mol. The molecule has 1 aliphatic heterocycles. The summed E-state index contributed by atoms with van der Waals surface area (Å²) in [4.78, 5) is 11.5. The van der Waals surface area contributed by atoms with E-state index in [0.29, 0.717) is 13.1 Å². The number of halogens is 1. The van der Waals surface area contributed by atoms with Gasteiger partial charge in [-0.15, -0.1) is 0 Å². The number of amides is 1. The summed E-state index contributed by atoms with van der Waals surface area (Å²) in [6.07, 6.45) is 0.201. The maximum Gasteiger partial charge on any atom is 0.243 e. The van der Waals surface area contributed by atoms with Gasteiger partial charge < -0.3 is 5.32 Å². The molecule has 0 spiro atoms. The van der Waals surface area contributed by atoms with Crippen LogP contribution in [-0.4, -0.2) is 38.3 Å². The summed E-state index contributed by atoms with van der Waals surface area (Å²) in [6.45, 7) is 2.72. The Morgan fingerprint density at radius 3 is 2.68 bits per heavy atom. The Labute approximate surface area is 121 Å². The Balaban J connectivity index is 2.33. The van der Waals surface area contributed by atoms with E-state index < -0.39 is 10.0 Å². The topological polar surface area (TPSA) is 66.5 Å². The van der Waals surface area contributed by atoms with Crippen LogP contribution in [0.2, 0.25) is 0 Å². The zero-order valence-corrected chi connectivity index (χ0v) is 12.9. The van der Waals surface area contributed by atoms with Crippen molar-refractivity contribution < 1.29 is 13.2 Å². The summed E-state index contributed by atoms with van der Waals surface area (Å²) in [5.74, 6) is -0.108. The molecule has 0 saturated carbocycles. The Bertz CT molecular complexity index is 581. The second-order valence-electron chi connectivity index (χ2n) is 4.47. The molecule has 1 aliphatic rings. The minimum atomic E-state index is -3.54. The number of carbonyl (C=O) groups is 1. The van der Waals surface area contributed by atoms with Gasteiger partial charge in [0.15, 0.2) is 0 Å². The van der Waals surface area contributed by atoms with Crippen LogP contribution in [0.25, 0.3) is 0 Å². The lowest BCUT2D eigenvalue weighted by Crippen LogP contribution is -2.34. The number of carbonyl (C=O) groups excluding carboxylic acids is 1. The van der Waals surface area contributed by atoms with E-state index in [4.69, 9.17) is 0 Å². The molecule has 104 valence electrons. The SMILES string of the molecule is Cc1cc(Br)cc(S(=O)(=O)N2CCNC(=O)CC2)c1. The molecule has 2 rings (SSSR count). The average Bonchev–Trinajstić information content (AvgIpc) is 2.53. The molecule has 1 fully saturated rings. The molecule has 19 heavy (non-hydrogen) atoms. The summed E-state index contributed by atoms with van der Waals surface area (Å²) in [5, 5.41) is 2.67. The second kappa shape index (κ2) is 5.60. The van der Waals surface area contributed by atoms with Gasteiger partial charge in [-0.25, -0.2) is 8.42 Å². The summed E-state index contributed by atoms with van der Waals surface area (Å²) in [6, 6.07) is 5.08. The van der Waals surface area contributed by atoms with Gasteiger partial charge in [0.25, 0.3) is 0 Å². The van der Waals surface area contributed by atoms with Gasteiger partial charge in [0.05, 0.1) is 4.90 Å². The first kappa shape index (κ1) is 14.5. The highest BCUT2D eigenvalue weighted by atomic mass is 79.9. The van der Waals surface area contributed by atoms with Crippen molar-refractivity contribution in [1.29, 1.82) is 0 Å². The van der Waals surface area contributed by atoms with Gasteiger partial charge in [0.2, 0.25) is 15.9 Å². The van der Waals surface area contributed by atoms with E-state index in [-0.39, 0.29) is 23.8 Å². The van der Waals surface area contributed by atoms with Crippen molar-refractivity contribution in [3.63, 3.8) is 0 Å². The van der Waals surface area contributed by atoms with Crippen molar-refractivity contribution in [2.24, 2.45) is 0 Å². The van der Waals surface area contributed by atoms with Crippen LogP contribution in [0.3, 0.4) is 0 Å². The summed E-state index contributed by atoms with van der Waals surface area (Å²) in [5.41, 5.74) is 0.872. The highest BCUT2D eigenvalue weighted by molar-refractivity contribution is 9.10. The highest BCUT2D eigenvalue weighted by Crippen LogP contribution is 2.22. The van der Waals surface area contributed by atoms with Crippen molar-refractivity contribution in [3.05, 3.63) is 28.2 Å². The maximum absolute atomic E-state index is 12.5. The van der Waals surface area contributed by atoms with Crippen molar-refractivity contribution in [2.75, 3.05) is 19.6 Å². The lowest BCUT2D eigenvalue weighted by atomic mass is 10.2. The van der Waals surface area contributed by atoms with Gasteiger partial charge in [0.1, 0.15) is 0 Å². The predicted octanol–water partition coefficient (Wildman–Crippen LogP) is 1.27. The normalized spacial score (nSPS) is 17.9. The van der Waals surface area contributed by atoms with Gasteiger partial charge in [-0.2, -0.15) is 4.31 Å². The predicted molar refractivity (Wildman–Crippen MR) is 75.3 cm³/mol. The Morgan fingerprint density at radius 2 is 2.00 bits per heavy atom. The number of hydrogen-bond acceptors (Lipinski definition) is 3. The minimum Gasteiger partial charge on any atom is -0.355 e. The molecular formula is C12H15BrN2O3S. The first-order valence-electron chi connectivity index (χ1n) is 5.93. The third-order valence-electron chi connectivity index (χ3n) is 2.93. The number of nitrogens with one attached hydrogen (secondary N) is 1. The van der Waals surface area contributed by atoms with E-state index in [2.05, 4.69) is 21.2 Å². The highest BCUT2D eigenvalue weighted by Gasteiger charge is 2.27. The monoisotopic (exact) mass is 346 g/mol. The third-order valence-corrected chi connectivity index (χ3v) is 5.26. The molecule has 1 aromatic carbocycles. The molecule has 7 heteroatoms. The summed E-state index contributed by atoms with van der Waals surface area (Å²) in [7, 11) is -3.54. The van der Waals surface area contributed by atoms with Gasteiger partial charge >= 0.3 is 0 Å². The molecule has 1 aromatic rings. The molecule has 5 nitrogen and oxygen atoms in total. The zero-order chi connectivity index (χ0) is 14.0. The first-order chi connectivity index (χ1) is 8.89. The summed E-state index contributed by atoms with van der Waals surface area (Å²) >= 11 is 3.31. The van der Waals surface area contributed by atoms with Crippen LogP contribution in [0, 0.1) is 6.92 Å². The van der Waals surface area contributed by atoms with E-state index in [0.717, 1.165) is 10.0 Å². The Kier molecular flexibility index (Phi) is 4.27. The molecule has 0 unspecified atom stereocenters. The lowest BCUT2D eigenvalue weighted by Gasteiger charge is -2.19. The van der Waals surface area contributed by atoms with Crippen LogP contribution in [0.1, 0.15) is 12.0 Å². The van der Waals surface area contributed by atoms with Gasteiger partial charge in [0, 0.05) is 30.5 Å². The fourth-order valence-corrected chi connectivity index (χ4v) is 4.32. The summed E-state index contributed by atoms with van der Waals surface area (Å²) < 4.78 is 27.1. The maximum atomic E-state index is 12.5. The number of benzene rings is 1. The van der Waals surface area contributed by atoms with Crippen LogP contribution < -0.4 is 5.32 Å². The van der Waals surface area contributed by atoms with Gasteiger partial charge in [-0.1, -0.05) is 15.9 Å². The largest absolute Gasteiger partial charge is 0.355 e. The molecule has 0 aromatic heterocycles. The molecule has 1 heterocycles. The zero-order valence-electron chi connectivity index (χ0n) is 10.5. The van der Waals surface area contributed by atoms with Crippen LogP contribution in [0.15, 0.2) is 27.6 Å². The number of nitrogens with zero attached hydrogens (tertiary/aromatic N) is 1. The number of sulfonamides is 1. The van der Waals surface area contributed by atoms with E-state index in [9.17, 15) is 13.2 Å². The van der Waals surface area contributed by atoms with Gasteiger partial charge in [-0.05, 0) is 30.7 Å². The van der Waals surface area contributed by atoms with Gasteiger partial charge in [-0.3, -0.25) is 4.79 Å². The number of rotatable bonds is 2. The third kappa shape index (κ3) is 3.34. The Morgan fingerprint density at radius 1 is 1.26 bits per heavy atom. The minimum absolute atomic E-state index is 0.108. The quantitative estimate of drug-likeness (QED) is 0.876. The molecule has 1 N–H and O–H groups in total. The molecule has 0 bridgehead atoms. The number of aryl methyl sites for hydroxylation is 1. The second-order valence-corrected chi connectivity index (χ2v) is 7.32. The van der Waals surface area contributed by atoms with Crippen molar-refractivity contribution >= 4 is 31.9 Å². The molecule has 1 saturated heterocycles. The molecule has 0 atom stereocenters. The van der Waals surface area contributed by atoms with E-state index in [1.165, 1.54) is 4.31 Å². The van der Waals surface area contributed by atoms with Crippen LogP contribution in [0.5, 0.6) is 0 Å². The van der Waals surface area contributed by atoms with Crippen LogP contribution >= 0.6 is 15.9 Å². The standard InChI is InChI=1S/C12H15BrN2O3S/c1-9-6-10(13)8-11(7-9)19(17,18)15-4-2-12(16)14-3-5-15/h6-8H,2-5H2,1H3,(H,14,16). The smallest absolute Gasteiger partial charge is 0.243 e. The van der Waals surface area contributed by atoms with Crippen molar-refractivity contribution in [2.45, 2.75) is 18.2 Å². The fourth-order valence-electron chi connectivity index (χ4n) is 1.99. The van der Waals surface area contributed by atoms with Crippen LogP contribution in [-0.2, 0) is 14.8 Å². The van der Waals surface area contributed by atoms with E-state index >= 15 is 0 Å². The lowest BCUT2D eigenvalue weighted by molar-refractivity contribution is -0.120. The van der Waals surface area contributed by atoms with Crippen molar-refractivity contribution in [3.8, 4) is 0 Å². The van der Waals surface area contributed by atoms with E-state index in [1.54, 1.807) is 12.1 Å². The first-order valence-corrected chi connectivity index (χ1v) is 8.17. The number of hydrogen-bond donors (Lipinski definition) is 1.